The maximum Gasteiger partial charge on any atom is 0.269 e. The molecule has 3 aromatic rings. The molecule has 0 unspecified atom stereocenters. The second kappa shape index (κ2) is 7.66. The molecule has 0 aliphatic carbocycles. The molecular formula is C17H14ClFN6O. The van der Waals surface area contributed by atoms with Gasteiger partial charge in [0.2, 0.25) is 0 Å². The first kappa shape index (κ1) is 17.4. The van der Waals surface area contributed by atoms with Crippen LogP contribution in [0.3, 0.4) is 0 Å². The normalized spacial score (nSPS) is 10.2. The van der Waals surface area contributed by atoms with Crippen molar-refractivity contribution < 1.29 is 9.18 Å². The van der Waals surface area contributed by atoms with Crippen molar-refractivity contribution in [2.24, 2.45) is 0 Å². The lowest BCUT2D eigenvalue weighted by molar-refractivity contribution is 0.0962. The van der Waals surface area contributed by atoms with Crippen LogP contribution in [0.2, 0.25) is 5.02 Å². The summed E-state index contributed by atoms with van der Waals surface area (Å²) >= 11 is 6.10. The number of nitrogens with one attached hydrogen (secondary N) is 3. The molecule has 0 spiro atoms. The summed E-state index contributed by atoms with van der Waals surface area (Å²) in [6.07, 6.45) is 1.28. The van der Waals surface area contributed by atoms with E-state index in [1.54, 1.807) is 18.2 Å². The van der Waals surface area contributed by atoms with Gasteiger partial charge in [0, 0.05) is 5.56 Å². The van der Waals surface area contributed by atoms with Crippen LogP contribution in [0.15, 0.2) is 54.9 Å². The minimum absolute atomic E-state index is 0.187. The fourth-order valence-corrected chi connectivity index (χ4v) is 2.26. The van der Waals surface area contributed by atoms with E-state index >= 15 is 0 Å². The molecule has 1 aromatic heterocycles. The van der Waals surface area contributed by atoms with Crippen LogP contribution in [0, 0.1) is 5.82 Å². The number of carbonyl (C=O) groups is 1. The Morgan fingerprint density at radius 2 is 1.73 bits per heavy atom. The zero-order valence-electron chi connectivity index (χ0n) is 13.3. The number of anilines is 4. The van der Waals surface area contributed by atoms with Crippen molar-refractivity contribution in [1.82, 2.24) is 15.4 Å². The van der Waals surface area contributed by atoms with Crippen LogP contribution in [0.25, 0.3) is 0 Å². The third kappa shape index (κ3) is 3.98. The number of nitrogen functional groups attached to an aromatic ring is 1. The van der Waals surface area contributed by atoms with E-state index < -0.39 is 11.7 Å². The molecular weight excluding hydrogens is 359 g/mol. The van der Waals surface area contributed by atoms with Gasteiger partial charge in [-0.15, -0.1) is 0 Å². The van der Waals surface area contributed by atoms with Crippen LogP contribution in [0.5, 0.6) is 0 Å². The van der Waals surface area contributed by atoms with Gasteiger partial charge in [-0.3, -0.25) is 15.6 Å². The van der Waals surface area contributed by atoms with Crippen molar-refractivity contribution in [1.29, 1.82) is 0 Å². The van der Waals surface area contributed by atoms with E-state index in [-0.39, 0.29) is 17.1 Å². The average molecular weight is 373 g/mol. The quantitative estimate of drug-likeness (QED) is 0.512. The number of para-hydroxylation sites is 1. The van der Waals surface area contributed by atoms with Crippen LogP contribution in [-0.4, -0.2) is 15.9 Å². The average Bonchev–Trinajstić information content (AvgIpc) is 2.64. The minimum Gasteiger partial charge on any atom is -0.393 e. The summed E-state index contributed by atoms with van der Waals surface area (Å²) in [6, 6.07) is 12.2. The first-order valence-corrected chi connectivity index (χ1v) is 7.86. The van der Waals surface area contributed by atoms with Gasteiger partial charge in [0.1, 0.15) is 17.8 Å². The highest BCUT2D eigenvalue weighted by atomic mass is 35.5. The van der Waals surface area contributed by atoms with Gasteiger partial charge in [0.05, 0.1) is 10.7 Å². The predicted molar refractivity (Wildman–Crippen MR) is 98.7 cm³/mol. The van der Waals surface area contributed by atoms with Gasteiger partial charge in [0.25, 0.3) is 5.91 Å². The van der Waals surface area contributed by atoms with E-state index in [1.807, 2.05) is 6.07 Å². The topological polar surface area (TPSA) is 105 Å². The zero-order valence-corrected chi connectivity index (χ0v) is 14.1. The maximum absolute atomic E-state index is 12.9. The Kier molecular flexibility index (Phi) is 5.14. The van der Waals surface area contributed by atoms with Crippen molar-refractivity contribution in [2.75, 3.05) is 16.5 Å². The van der Waals surface area contributed by atoms with Crippen LogP contribution >= 0.6 is 11.6 Å². The van der Waals surface area contributed by atoms with Gasteiger partial charge in [-0.05, 0) is 36.4 Å². The molecule has 0 bridgehead atoms. The van der Waals surface area contributed by atoms with Crippen LogP contribution in [0.4, 0.5) is 27.4 Å². The highest BCUT2D eigenvalue weighted by Crippen LogP contribution is 2.29. The first-order valence-electron chi connectivity index (χ1n) is 7.48. The van der Waals surface area contributed by atoms with Crippen molar-refractivity contribution in [3.63, 3.8) is 0 Å². The highest BCUT2D eigenvalue weighted by molar-refractivity contribution is 6.33. The smallest absolute Gasteiger partial charge is 0.269 e. The van der Waals surface area contributed by atoms with Crippen molar-refractivity contribution in [3.8, 4) is 0 Å². The number of carbonyl (C=O) groups excluding carboxylic acids is 1. The van der Waals surface area contributed by atoms with E-state index in [9.17, 15) is 9.18 Å². The van der Waals surface area contributed by atoms with Gasteiger partial charge in [0.15, 0.2) is 11.6 Å². The molecule has 9 heteroatoms. The number of aromatic nitrogens is 2. The second-order valence-corrected chi connectivity index (χ2v) is 5.58. The van der Waals surface area contributed by atoms with Gasteiger partial charge in [-0.2, -0.15) is 0 Å². The van der Waals surface area contributed by atoms with Crippen LogP contribution in [0.1, 0.15) is 10.4 Å². The fraction of sp³-hybridized carbons (Fsp3) is 0. The number of hydrogen-bond acceptors (Lipinski definition) is 6. The Bertz CT molecular complexity index is 935. The standard InChI is InChI=1S/C17H14ClFN6O/c18-12-3-1-2-4-13(12)23-15-14(20)16(22-9-21-15)24-25-17(26)10-5-7-11(19)8-6-10/h1-9H,20H2,(H,25,26)(H2,21,22,23,24). The predicted octanol–water partition coefficient (Wildman–Crippen LogP) is 3.35. The summed E-state index contributed by atoms with van der Waals surface area (Å²) in [7, 11) is 0. The monoisotopic (exact) mass is 372 g/mol. The summed E-state index contributed by atoms with van der Waals surface area (Å²) in [5.41, 5.74) is 12.2. The number of amides is 1. The SMILES string of the molecule is Nc1c(NNC(=O)c2ccc(F)cc2)ncnc1Nc1ccccc1Cl. The molecule has 7 nitrogen and oxygen atoms in total. The van der Waals surface area contributed by atoms with Gasteiger partial charge in [-0.1, -0.05) is 23.7 Å². The third-order valence-corrected chi connectivity index (χ3v) is 3.74. The summed E-state index contributed by atoms with van der Waals surface area (Å²) in [4.78, 5) is 20.1. The largest absolute Gasteiger partial charge is 0.393 e. The molecule has 0 fully saturated rings. The molecule has 0 aliphatic heterocycles. The summed E-state index contributed by atoms with van der Waals surface area (Å²) < 4.78 is 12.9. The first-order chi connectivity index (χ1) is 12.5. The molecule has 0 aliphatic rings. The number of nitrogens with zero attached hydrogens (tertiary/aromatic N) is 2. The molecule has 0 saturated heterocycles. The molecule has 26 heavy (non-hydrogen) atoms. The van der Waals surface area contributed by atoms with Crippen LogP contribution in [-0.2, 0) is 0 Å². The Hall–Kier alpha value is -3.39. The number of benzene rings is 2. The molecule has 0 radical (unpaired) electrons. The molecule has 1 amide bonds. The molecule has 2 aromatic carbocycles. The van der Waals surface area contributed by atoms with E-state index in [1.165, 1.54) is 30.6 Å². The summed E-state index contributed by atoms with van der Waals surface area (Å²) in [6.45, 7) is 0. The number of rotatable bonds is 5. The van der Waals surface area contributed by atoms with E-state index in [0.717, 1.165) is 0 Å². The number of halogens is 2. The lowest BCUT2D eigenvalue weighted by Crippen LogP contribution is -2.30. The lowest BCUT2D eigenvalue weighted by Gasteiger charge is -2.13. The van der Waals surface area contributed by atoms with E-state index in [2.05, 4.69) is 26.1 Å². The van der Waals surface area contributed by atoms with Crippen LogP contribution < -0.4 is 21.9 Å². The van der Waals surface area contributed by atoms with Crippen molar-refractivity contribution in [2.45, 2.75) is 0 Å². The Labute approximate surface area is 153 Å². The molecule has 5 N–H and O–H groups in total. The van der Waals surface area contributed by atoms with Gasteiger partial charge in [-0.25, -0.2) is 14.4 Å². The Morgan fingerprint density at radius 1 is 1.04 bits per heavy atom. The van der Waals surface area contributed by atoms with E-state index in [4.69, 9.17) is 17.3 Å². The summed E-state index contributed by atoms with van der Waals surface area (Å²) in [5.74, 6) is -0.370. The van der Waals surface area contributed by atoms with Gasteiger partial charge < -0.3 is 11.1 Å². The zero-order chi connectivity index (χ0) is 18.5. The highest BCUT2D eigenvalue weighted by Gasteiger charge is 2.11. The van der Waals surface area contributed by atoms with Gasteiger partial charge >= 0.3 is 0 Å². The fourth-order valence-electron chi connectivity index (χ4n) is 2.07. The molecule has 1 heterocycles. The molecule has 3 rings (SSSR count). The maximum atomic E-state index is 12.9. The lowest BCUT2D eigenvalue weighted by atomic mass is 10.2. The molecule has 0 atom stereocenters. The third-order valence-electron chi connectivity index (χ3n) is 3.41. The Morgan fingerprint density at radius 3 is 2.46 bits per heavy atom. The van der Waals surface area contributed by atoms with Crippen molar-refractivity contribution in [3.05, 3.63) is 71.3 Å². The molecule has 0 saturated carbocycles. The number of hydrogen-bond donors (Lipinski definition) is 4. The number of nitrogens with two attached hydrogens (primary N) is 1. The Balaban J connectivity index is 1.72. The number of hydrazine groups is 1. The van der Waals surface area contributed by atoms with Crippen molar-refractivity contribution >= 4 is 40.5 Å². The minimum atomic E-state index is -0.469. The van der Waals surface area contributed by atoms with E-state index in [0.29, 0.717) is 16.5 Å². The second-order valence-electron chi connectivity index (χ2n) is 5.18. The molecule has 132 valence electrons. The summed E-state index contributed by atoms with van der Waals surface area (Å²) in [5, 5.41) is 3.51.